The molecule has 6 heteroatoms. The summed E-state index contributed by atoms with van der Waals surface area (Å²) in [5.41, 5.74) is 2.83. The van der Waals surface area contributed by atoms with Crippen LogP contribution in [0, 0.1) is 0 Å². The Labute approximate surface area is 186 Å². The molecule has 4 aromatic rings. The van der Waals surface area contributed by atoms with Crippen LogP contribution in [0.5, 0.6) is 0 Å². The Morgan fingerprint density at radius 1 is 0.931 bits per heavy atom. The molecule has 0 bridgehead atoms. The van der Waals surface area contributed by atoms with Crippen molar-refractivity contribution in [3.63, 3.8) is 0 Å². The molecule has 1 amide bonds. The molecule has 0 aliphatic rings. The Balaban J connectivity index is 1.54. The first-order chi connectivity index (χ1) is 14.2. The molecule has 0 aliphatic heterocycles. The molecule has 1 atom stereocenters. The van der Waals surface area contributed by atoms with E-state index in [-0.39, 0.29) is 11.2 Å². The molecule has 0 saturated carbocycles. The number of carbonyl (C=O) groups excluding carboxylic acids is 1. The zero-order chi connectivity index (χ0) is 20.1. The fourth-order valence-electron chi connectivity index (χ4n) is 2.79. The summed E-state index contributed by atoms with van der Waals surface area (Å²) in [5.74, 6) is -0.0817. The Morgan fingerprint density at radius 2 is 1.59 bits per heavy atom. The van der Waals surface area contributed by atoms with Crippen LogP contribution >= 0.6 is 39.0 Å². The number of hydrogen-bond acceptors (Lipinski definition) is 4. The minimum atomic E-state index is -0.362. The van der Waals surface area contributed by atoms with Gasteiger partial charge >= 0.3 is 0 Å². The van der Waals surface area contributed by atoms with Crippen molar-refractivity contribution in [2.75, 3.05) is 5.32 Å². The lowest BCUT2D eigenvalue weighted by Gasteiger charge is -2.16. The van der Waals surface area contributed by atoms with Crippen LogP contribution in [0.1, 0.15) is 10.8 Å². The minimum absolute atomic E-state index is 0.0817. The number of benzene rings is 3. The first-order valence-electron chi connectivity index (χ1n) is 8.98. The molecule has 0 aliphatic carbocycles. The summed E-state index contributed by atoms with van der Waals surface area (Å²) in [6, 6.07) is 27.8. The van der Waals surface area contributed by atoms with Crippen molar-refractivity contribution in [1.29, 1.82) is 0 Å². The summed E-state index contributed by atoms with van der Waals surface area (Å²) in [6.45, 7) is 0. The van der Waals surface area contributed by atoms with E-state index in [1.165, 1.54) is 23.1 Å². The van der Waals surface area contributed by atoms with E-state index in [9.17, 15) is 4.79 Å². The summed E-state index contributed by atoms with van der Waals surface area (Å²) in [5, 5.41) is 5.20. The zero-order valence-electron chi connectivity index (χ0n) is 15.3. The predicted octanol–water partition coefficient (Wildman–Crippen LogP) is 7.04. The highest BCUT2D eigenvalue weighted by atomic mass is 79.9. The van der Waals surface area contributed by atoms with Crippen LogP contribution in [-0.4, -0.2) is 10.9 Å². The first-order valence-corrected chi connectivity index (χ1v) is 11.5. The van der Waals surface area contributed by atoms with Gasteiger partial charge in [-0.05, 0) is 29.8 Å². The summed E-state index contributed by atoms with van der Waals surface area (Å²) in [7, 11) is 0. The monoisotopic (exact) mass is 480 g/mol. The quantitative estimate of drug-likeness (QED) is 0.300. The number of thioether (sulfide) groups is 1. The lowest BCUT2D eigenvalue weighted by Crippen LogP contribution is -2.18. The Hall–Kier alpha value is -2.41. The van der Waals surface area contributed by atoms with Gasteiger partial charge in [0, 0.05) is 20.3 Å². The fraction of sp³-hybridized carbons (Fsp3) is 0.0435. The second-order valence-electron chi connectivity index (χ2n) is 6.26. The highest BCUT2D eigenvalue weighted by Crippen LogP contribution is 2.36. The van der Waals surface area contributed by atoms with E-state index < -0.39 is 0 Å². The number of anilines is 1. The lowest BCUT2D eigenvalue weighted by molar-refractivity contribution is -0.115. The van der Waals surface area contributed by atoms with E-state index in [0.29, 0.717) is 5.13 Å². The first kappa shape index (κ1) is 19.9. The number of amides is 1. The van der Waals surface area contributed by atoms with Gasteiger partial charge in [0.05, 0.1) is 5.69 Å². The van der Waals surface area contributed by atoms with Gasteiger partial charge in [0.25, 0.3) is 0 Å². The molecule has 144 valence electrons. The summed E-state index contributed by atoms with van der Waals surface area (Å²) < 4.78 is 1.02. The van der Waals surface area contributed by atoms with Crippen molar-refractivity contribution in [2.45, 2.75) is 10.1 Å². The normalized spacial score (nSPS) is 11.8. The van der Waals surface area contributed by atoms with Crippen molar-refractivity contribution in [1.82, 2.24) is 4.98 Å². The highest BCUT2D eigenvalue weighted by molar-refractivity contribution is 9.10. The molecular formula is C23H17BrN2OS2. The van der Waals surface area contributed by atoms with Crippen LogP contribution in [0.4, 0.5) is 5.13 Å². The molecule has 3 aromatic carbocycles. The molecule has 1 N–H and O–H groups in total. The van der Waals surface area contributed by atoms with Crippen LogP contribution in [0.2, 0.25) is 0 Å². The molecule has 0 saturated heterocycles. The average molecular weight is 481 g/mol. The average Bonchev–Trinajstić information content (AvgIpc) is 3.22. The predicted molar refractivity (Wildman–Crippen MR) is 125 cm³/mol. The van der Waals surface area contributed by atoms with Crippen molar-refractivity contribution in [3.8, 4) is 11.3 Å². The van der Waals surface area contributed by atoms with Gasteiger partial charge in [-0.2, -0.15) is 0 Å². The number of aromatic nitrogens is 1. The van der Waals surface area contributed by atoms with Gasteiger partial charge in [0.2, 0.25) is 5.91 Å². The van der Waals surface area contributed by atoms with E-state index in [0.717, 1.165) is 26.2 Å². The second-order valence-corrected chi connectivity index (χ2v) is 9.21. The minimum Gasteiger partial charge on any atom is -0.301 e. The largest absolute Gasteiger partial charge is 0.301 e. The van der Waals surface area contributed by atoms with Gasteiger partial charge in [-0.15, -0.1) is 23.1 Å². The highest BCUT2D eigenvalue weighted by Gasteiger charge is 2.23. The molecule has 4 rings (SSSR count). The maximum atomic E-state index is 13.1. The third kappa shape index (κ3) is 5.15. The molecule has 3 nitrogen and oxygen atoms in total. The lowest BCUT2D eigenvalue weighted by atomic mass is 10.1. The molecule has 29 heavy (non-hydrogen) atoms. The molecule has 0 radical (unpaired) electrons. The van der Waals surface area contributed by atoms with E-state index in [1.54, 1.807) is 0 Å². The van der Waals surface area contributed by atoms with Gasteiger partial charge < -0.3 is 5.32 Å². The number of halogens is 1. The molecule has 1 heterocycles. The summed E-state index contributed by atoms with van der Waals surface area (Å²) in [6.07, 6.45) is 0. The van der Waals surface area contributed by atoms with Crippen molar-refractivity contribution in [2.24, 2.45) is 0 Å². The van der Waals surface area contributed by atoms with Crippen molar-refractivity contribution < 1.29 is 4.79 Å². The number of nitrogens with one attached hydrogen (secondary N) is 1. The molecule has 1 unspecified atom stereocenters. The van der Waals surface area contributed by atoms with E-state index in [2.05, 4.69) is 26.2 Å². The number of hydrogen-bond donors (Lipinski definition) is 1. The van der Waals surface area contributed by atoms with E-state index in [4.69, 9.17) is 0 Å². The number of nitrogens with zero attached hydrogens (tertiary/aromatic N) is 1. The Morgan fingerprint density at radius 3 is 2.28 bits per heavy atom. The summed E-state index contributed by atoms with van der Waals surface area (Å²) >= 11 is 6.41. The van der Waals surface area contributed by atoms with Gasteiger partial charge in [0.1, 0.15) is 5.25 Å². The maximum absolute atomic E-state index is 13.1. The van der Waals surface area contributed by atoms with E-state index >= 15 is 0 Å². The number of carbonyl (C=O) groups is 1. The van der Waals surface area contributed by atoms with Gasteiger partial charge in [-0.25, -0.2) is 4.98 Å². The smallest absolute Gasteiger partial charge is 0.244 e. The van der Waals surface area contributed by atoms with Crippen molar-refractivity contribution >= 4 is 50.1 Å². The fourth-order valence-corrected chi connectivity index (χ4v) is 4.82. The molecule has 0 spiro atoms. The molecule has 1 aromatic heterocycles. The van der Waals surface area contributed by atoms with Crippen molar-refractivity contribution in [3.05, 3.63) is 100 Å². The number of thiazole rings is 1. The van der Waals surface area contributed by atoms with Crippen LogP contribution < -0.4 is 5.32 Å². The zero-order valence-corrected chi connectivity index (χ0v) is 18.5. The van der Waals surface area contributed by atoms with Crippen LogP contribution in [-0.2, 0) is 4.79 Å². The third-order valence-electron chi connectivity index (χ3n) is 4.21. The maximum Gasteiger partial charge on any atom is 0.244 e. The summed E-state index contributed by atoms with van der Waals surface area (Å²) in [4.78, 5) is 18.8. The molecular weight excluding hydrogens is 464 g/mol. The van der Waals surface area contributed by atoms with Gasteiger partial charge in [0.15, 0.2) is 5.13 Å². The third-order valence-corrected chi connectivity index (χ3v) is 6.76. The van der Waals surface area contributed by atoms with E-state index in [1.807, 2.05) is 90.3 Å². The molecule has 0 fully saturated rings. The Bertz CT molecular complexity index is 1080. The van der Waals surface area contributed by atoms with Crippen LogP contribution in [0.3, 0.4) is 0 Å². The van der Waals surface area contributed by atoms with Crippen LogP contribution in [0.25, 0.3) is 11.3 Å². The SMILES string of the molecule is O=C(Nc1nc(-c2ccc(Br)cc2)cs1)C(Sc1ccccc1)c1ccccc1. The second kappa shape index (κ2) is 9.39. The Kier molecular flexibility index (Phi) is 6.44. The number of rotatable bonds is 6. The van der Waals surface area contributed by atoms with Gasteiger partial charge in [-0.1, -0.05) is 76.6 Å². The standard InChI is InChI=1S/C23H17BrN2OS2/c24-18-13-11-16(12-14-18)20-15-28-23(25-20)26-22(27)21(17-7-3-1-4-8-17)29-19-9-5-2-6-10-19/h1-15,21H,(H,25,26,27). The van der Waals surface area contributed by atoms with Gasteiger partial charge in [-0.3, -0.25) is 4.79 Å². The topological polar surface area (TPSA) is 42.0 Å². The van der Waals surface area contributed by atoms with Crippen LogP contribution in [0.15, 0.2) is 99.7 Å².